The second-order valence-electron chi connectivity index (χ2n) is 8.31. The lowest BCUT2D eigenvalue weighted by Crippen LogP contribution is -2.46. The number of pyridine rings is 1. The third kappa shape index (κ3) is 4.99. The van der Waals surface area contributed by atoms with Crippen LogP contribution >= 0.6 is 0 Å². The van der Waals surface area contributed by atoms with E-state index in [1.54, 1.807) is 12.4 Å². The van der Waals surface area contributed by atoms with Crippen LogP contribution in [0.5, 0.6) is 0 Å². The van der Waals surface area contributed by atoms with E-state index in [0.717, 1.165) is 50.0 Å². The van der Waals surface area contributed by atoms with Gasteiger partial charge in [-0.1, -0.05) is 31.0 Å². The first-order chi connectivity index (χ1) is 14.7. The summed E-state index contributed by atoms with van der Waals surface area (Å²) in [4.78, 5) is 31.6. The summed E-state index contributed by atoms with van der Waals surface area (Å²) in [6.45, 7) is 2.13. The summed E-state index contributed by atoms with van der Waals surface area (Å²) in [5.41, 5.74) is 2.62. The lowest BCUT2D eigenvalue weighted by Gasteiger charge is -2.35. The van der Waals surface area contributed by atoms with Crippen molar-refractivity contribution in [2.24, 2.45) is 5.92 Å². The van der Waals surface area contributed by atoms with Gasteiger partial charge in [-0.15, -0.1) is 0 Å². The van der Waals surface area contributed by atoms with Crippen molar-refractivity contribution in [3.8, 4) is 0 Å². The third-order valence-corrected chi connectivity index (χ3v) is 6.23. The van der Waals surface area contributed by atoms with E-state index >= 15 is 0 Å². The molecule has 6 nitrogen and oxygen atoms in total. The molecule has 2 N–H and O–H groups in total. The molecule has 2 aliphatic rings. The molecule has 1 aromatic carbocycles. The van der Waals surface area contributed by atoms with Crippen LogP contribution in [-0.2, 0) is 11.3 Å². The average molecular weight is 407 g/mol. The normalized spacial score (nSPS) is 17.7. The Morgan fingerprint density at radius 1 is 1.00 bits per heavy atom. The highest BCUT2D eigenvalue weighted by molar-refractivity contribution is 5.99. The highest BCUT2D eigenvalue weighted by atomic mass is 16.2. The monoisotopic (exact) mass is 406 g/mol. The zero-order valence-corrected chi connectivity index (χ0v) is 17.3. The highest BCUT2D eigenvalue weighted by Crippen LogP contribution is 2.27. The van der Waals surface area contributed by atoms with Gasteiger partial charge in [0.05, 0.1) is 5.56 Å². The second-order valence-corrected chi connectivity index (χ2v) is 8.31. The molecule has 0 bridgehead atoms. The van der Waals surface area contributed by atoms with E-state index in [4.69, 9.17) is 0 Å². The number of amides is 2. The largest absolute Gasteiger partial charge is 0.371 e. The fourth-order valence-electron chi connectivity index (χ4n) is 4.49. The van der Waals surface area contributed by atoms with E-state index in [-0.39, 0.29) is 23.8 Å². The van der Waals surface area contributed by atoms with Gasteiger partial charge in [-0.05, 0) is 49.4 Å². The van der Waals surface area contributed by atoms with Crippen molar-refractivity contribution >= 4 is 17.5 Å². The molecule has 2 aromatic rings. The number of anilines is 1. The van der Waals surface area contributed by atoms with Crippen LogP contribution in [0.1, 0.15) is 54.4 Å². The number of aromatic nitrogens is 1. The summed E-state index contributed by atoms with van der Waals surface area (Å²) >= 11 is 0. The summed E-state index contributed by atoms with van der Waals surface area (Å²) in [6, 6.07) is 11.8. The Bertz CT molecular complexity index is 857. The van der Waals surface area contributed by atoms with Crippen molar-refractivity contribution in [1.29, 1.82) is 0 Å². The summed E-state index contributed by atoms with van der Waals surface area (Å²) in [7, 11) is 0. The molecule has 1 aliphatic carbocycles. The number of nitrogens with one attached hydrogen (secondary N) is 2. The molecule has 0 unspecified atom stereocenters. The molecule has 1 saturated carbocycles. The van der Waals surface area contributed by atoms with Crippen LogP contribution in [-0.4, -0.2) is 35.9 Å². The van der Waals surface area contributed by atoms with Crippen LogP contribution in [0.3, 0.4) is 0 Å². The minimum Gasteiger partial charge on any atom is -0.371 e. The summed E-state index contributed by atoms with van der Waals surface area (Å²) < 4.78 is 0. The molecular formula is C24H30N4O2. The Kier molecular flexibility index (Phi) is 6.62. The zero-order valence-electron chi connectivity index (χ0n) is 17.3. The Labute approximate surface area is 178 Å². The predicted octanol–water partition coefficient (Wildman–Crippen LogP) is 3.29. The van der Waals surface area contributed by atoms with Crippen molar-refractivity contribution in [3.63, 3.8) is 0 Å². The maximum absolute atomic E-state index is 12.8. The maximum atomic E-state index is 12.8. The first-order valence-electron chi connectivity index (χ1n) is 11.0. The molecule has 2 fully saturated rings. The molecule has 0 spiro atoms. The first-order valence-corrected chi connectivity index (χ1v) is 11.0. The standard InChI is InChI=1S/C24H30N4O2/c29-23(19-7-1-2-8-19)27-20-11-14-28(15-12-20)22-10-4-3-9-21(22)24(30)26-17-18-6-5-13-25-16-18/h3-6,9-10,13,16,19-20H,1-2,7-8,11-12,14-15,17H2,(H,26,30)(H,27,29). The van der Waals surface area contributed by atoms with Gasteiger partial charge in [0.2, 0.25) is 5.91 Å². The Balaban J connectivity index is 1.33. The minimum absolute atomic E-state index is 0.0777. The fourth-order valence-corrected chi connectivity index (χ4v) is 4.49. The number of benzene rings is 1. The van der Waals surface area contributed by atoms with Gasteiger partial charge in [-0.2, -0.15) is 0 Å². The van der Waals surface area contributed by atoms with Crippen LogP contribution in [0.4, 0.5) is 5.69 Å². The van der Waals surface area contributed by atoms with E-state index in [1.807, 2.05) is 36.4 Å². The van der Waals surface area contributed by atoms with Crippen LogP contribution in [0.15, 0.2) is 48.8 Å². The fraction of sp³-hybridized carbons (Fsp3) is 0.458. The van der Waals surface area contributed by atoms with Gasteiger partial charge in [-0.25, -0.2) is 0 Å². The average Bonchev–Trinajstić information content (AvgIpc) is 3.34. The van der Waals surface area contributed by atoms with Crippen LogP contribution < -0.4 is 15.5 Å². The number of nitrogens with zero attached hydrogens (tertiary/aromatic N) is 2. The Morgan fingerprint density at radius 2 is 1.77 bits per heavy atom. The molecule has 30 heavy (non-hydrogen) atoms. The molecule has 1 aliphatic heterocycles. The summed E-state index contributed by atoms with van der Waals surface area (Å²) in [6.07, 6.45) is 9.72. The lowest BCUT2D eigenvalue weighted by atomic mass is 10.0. The van der Waals surface area contributed by atoms with Crippen molar-refractivity contribution in [3.05, 3.63) is 59.9 Å². The number of rotatable bonds is 6. The van der Waals surface area contributed by atoms with Crippen molar-refractivity contribution in [1.82, 2.24) is 15.6 Å². The maximum Gasteiger partial charge on any atom is 0.253 e. The molecule has 1 aromatic heterocycles. The number of carbonyl (C=O) groups is 2. The summed E-state index contributed by atoms with van der Waals surface area (Å²) in [5, 5.41) is 6.26. The van der Waals surface area contributed by atoms with Crippen LogP contribution in [0.25, 0.3) is 0 Å². The van der Waals surface area contributed by atoms with E-state index in [2.05, 4.69) is 20.5 Å². The van der Waals surface area contributed by atoms with Crippen molar-refractivity contribution in [2.75, 3.05) is 18.0 Å². The SMILES string of the molecule is O=C(NCc1cccnc1)c1ccccc1N1CCC(NC(=O)C2CCCC2)CC1. The van der Waals surface area contributed by atoms with E-state index < -0.39 is 0 Å². The quantitative estimate of drug-likeness (QED) is 0.772. The number of para-hydroxylation sites is 1. The predicted molar refractivity (Wildman–Crippen MR) is 117 cm³/mol. The van der Waals surface area contributed by atoms with Crippen LogP contribution in [0, 0.1) is 5.92 Å². The topological polar surface area (TPSA) is 74.3 Å². The Hall–Kier alpha value is -2.89. The van der Waals surface area contributed by atoms with E-state index in [1.165, 1.54) is 12.8 Å². The van der Waals surface area contributed by atoms with Gasteiger partial charge in [0.1, 0.15) is 0 Å². The Morgan fingerprint density at radius 3 is 2.50 bits per heavy atom. The molecule has 2 amide bonds. The van der Waals surface area contributed by atoms with Gasteiger partial charge < -0.3 is 15.5 Å². The number of carbonyl (C=O) groups excluding carboxylic acids is 2. The smallest absolute Gasteiger partial charge is 0.253 e. The van der Waals surface area contributed by atoms with Gasteiger partial charge in [-0.3, -0.25) is 14.6 Å². The highest BCUT2D eigenvalue weighted by Gasteiger charge is 2.27. The molecule has 0 atom stereocenters. The van der Waals surface area contributed by atoms with Crippen molar-refractivity contribution < 1.29 is 9.59 Å². The molecule has 2 heterocycles. The molecule has 0 radical (unpaired) electrons. The van der Waals surface area contributed by atoms with Crippen molar-refractivity contribution in [2.45, 2.75) is 51.1 Å². The lowest BCUT2D eigenvalue weighted by molar-refractivity contribution is -0.125. The first kappa shape index (κ1) is 20.4. The molecule has 158 valence electrons. The van der Waals surface area contributed by atoms with E-state index in [9.17, 15) is 9.59 Å². The van der Waals surface area contributed by atoms with Gasteiger partial charge in [0.25, 0.3) is 5.91 Å². The van der Waals surface area contributed by atoms with E-state index in [0.29, 0.717) is 12.1 Å². The van der Waals surface area contributed by atoms with Gasteiger partial charge in [0.15, 0.2) is 0 Å². The van der Waals surface area contributed by atoms with Gasteiger partial charge >= 0.3 is 0 Å². The van der Waals surface area contributed by atoms with Gasteiger partial charge in [0, 0.05) is 49.7 Å². The number of hydrogen-bond acceptors (Lipinski definition) is 4. The molecule has 6 heteroatoms. The molecular weight excluding hydrogens is 376 g/mol. The van der Waals surface area contributed by atoms with Crippen LogP contribution in [0.2, 0.25) is 0 Å². The molecule has 1 saturated heterocycles. The summed E-state index contributed by atoms with van der Waals surface area (Å²) in [5.74, 6) is 0.375. The second kappa shape index (κ2) is 9.74. The third-order valence-electron chi connectivity index (χ3n) is 6.23. The minimum atomic E-state index is -0.0777. The number of hydrogen-bond donors (Lipinski definition) is 2. The number of piperidine rings is 1. The zero-order chi connectivity index (χ0) is 20.8. The molecule has 4 rings (SSSR count).